The van der Waals surface area contributed by atoms with Crippen LogP contribution in [0.1, 0.15) is 50.7 Å². The van der Waals surface area contributed by atoms with Crippen LogP contribution in [0.15, 0.2) is 46.8 Å². The first kappa shape index (κ1) is 23.1. The molecule has 1 N–H and O–H groups in total. The van der Waals surface area contributed by atoms with E-state index >= 15 is 0 Å². The summed E-state index contributed by atoms with van der Waals surface area (Å²) in [4.78, 5) is 26.0. The van der Waals surface area contributed by atoms with Crippen LogP contribution >= 0.6 is 0 Å². The van der Waals surface area contributed by atoms with E-state index < -0.39 is 23.6 Å². The second-order valence-corrected chi connectivity index (χ2v) is 8.68. The van der Waals surface area contributed by atoms with Gasteiger partial charge in [-0.3, -0.25) is 4.79 Å². The number of carbonyl (C=O) groups is 2. The molecule has 8 heteroatoms. The molecule has 0 spiro atoms. The topological polar surface area (TPSA) is 64.6 Å². The minimum atomic E-state index is -4.48. The number of carbonyl (C=O) groups excluding carboxylic acids is 2. The van der Waals surface area contributed by atoms with E-state index in [9.17, 15) is 22.8 Å². The summed E-state index contributed by atoms with van der Waals surface area (Å²) in [6, 6.07) is 4.59. The van der Waals surface area contributed by atoms with Crippen LogP contribution in [0.4, 0.5) is 13.2 Å². The Morgan fingerprint density at radius 3 is 2.39 bits per heavy atom. The normalized spacial score (nSPS) is 21.0. The smallest absolute Gasteiger partial charge is 0.416 e. The summed E-state index contributed by atoms with van der Waals surface area (Å²) in [5.74, 6) is -1.55. The molecule has 0 radical (unpaired) electrons. The maximum Gasteiger partial charge on any atom is 0.416 e. The van der Waals surface area contributed by atoms with Crippen LogP contribution in [0.5, 0.6) is 0 Å². The maximum absolute atomic E-state index is 13.1. The summed E-state index contributed by atoms with van der Waals surface area (Å²) in [6.07, 6.45) is -3.60. The quantitative estimate of drug-likeness (QED) is 0.543. The number of benzene rings is 1. The molecule has 1 atom stereocenters. The Morgan fingerprint density at radius 2 is 1.81 bits per heavy atom. The van der Waals surface area contributed by atoms with Crippen LogP contribution in [-0.4, -0.2) is 32.1 Å². The van der Waals surface area contributed by atoms with Crippen molar-refractivity contribution < 1.29 is 32.2 Å². The molecule has 1 heterocycles. The van der Waals surface area contributed by atoms with Crippen molar-refractivity contribution in [3.05, 3.63) is 57.9 Å². The number of esters is 1. The molecule has 1 aromatic carbocycles. The number of allylic oxidation sites excluding steroid dienone is 3. The highest BCUT2D eigenvalue weighted by molar-refractivity contribution is 6.04. The van der Waals surface area contributed by atoms with E-state index in [0.717, 1.165) is 12.1 Å². The number of hydrogen-bond acceptors (Lipinski definition) is 5. The number of ether oxygens (including phenoxy) is 2. The van der Waals surface area contributed by atoms with Crippen LogP contribution in [0, 0.1) is 5.41 Å². The fourth-order valence-corrected chi connectivity index (χ4v) is 4.20. The van der Waals surface area contributed by atoms with Gasteiger partial charge in [0.1, 0.15) is 6.61 Å². The zero-order valence-corrected chi connectivity index (χ0v) is 18.0. The molecule has 0 saturated heterocycles. The summed E-state index contributed by atoms with van der Waals surface area (Å²) in [6.45, 7) is 5.91. The van der Waals surface area contributed by atoms with Crippen molar-refractivity contribution in [3.63, 3.8) is 0 Å². The van der Waals surface area contributed by atoms with Crippen molar-refractivity contribution in [3.8, 4) is 0 Å². The highest BCUT2D eigenvalue weighted by Gasteiger charge is 2.43. The third kappa shape index (κ3) is 4.84. The Hall–Kier alpha value is -2.61. The Morgan fingerprint density at radius 1 is 1.16 bits per heavy atom. The van der Waals surface area contributed by atoms with Gasteiger partial charge in [-0.15, -0.1) is 0 Å². The Balaban J connectivity index is 2.09. The van der Waals surface area contributed by atoms with E-state index in [4.69, 9.17) is 9.47 Å². The molecule has 5 nitrogen and oxygen atoms in total. The molecule has 0 fully saturated rings. The van der Waals surface area contributed by atoms with Gasteiger partial charge in [0, 0.05) is 36.4 Å². The van der Waals surface area contributed by atoms with Crippen LogP contribution < -0.4 is 5.32 Å². The first-order chi connectivity index (χ1) is 14.4. The number of nitrogens with one attached hydrogen (secondary N) is 1. The number of ketones is 1. The minimum absolute atomic E-state index is 0.0265. The molecule has 0 bridgehead atoms. The lowest BCUT2D eigenvalue weighted by atomic mass is 9.68. The minimum Gasteiger partial charge on any atom is -0.460 e. The second kappa shape index (κ2) is 8.49. The Bertz CT molecular complexity index is 943. The fourth-order valence-electron chi connectivity index (χ4n) is 4.20. The highest BCUT2D eigenvalue weighted by Crippen LogP contribution is 2.47. The lowest BCUT2D eigenvalue weighted by molar-refractivity contribution is -0.141. The van der Waals surface area contributed by atoms with E-state index in [-0.39, 0.29) is 36.4 Å². The van der Waals surface area contributed by atoms with Crippen LogP contribution in [0.25, 0.3) is 0 Å². The molecule has 0 saturated carbocycles. The number of rotatable bonds is 5. The van der Waals surface area contributed by atoms with Crippen LogP contribution in [0.2, 0.25) is 0 Å². The molecule has 2 aliphatic rings. The number of alkyl halides is 3. The van der Waals surface area contributed by atoms with E-state index in [1.807, 2.05) is 13.8 Å². The SMILES string of the molecule is COCCOC(=O)C1=C(C)NC2=C(C(=O)CC(C)(C)C2)C1c1ccc(C(F)(F)F)cc1. The molecule has 0 amide bonds. The van der Waals surface area contributed by atoms with Crippen molar-refractivity contribution in [1.82, 2.24) is 5.32 Å². The molecule has 1 aliphatic heterocycles. The maximum atomic E-state index is 13.1. The molecule has 0 aromatic heterocycles. The summed E-state index contributed by atoms with van der Waals surface area (Å²) in [5.41, 5.74) is 1.26. The lowest BCUT2D eigenvalue weighted by Crippen LogP contribution is -2.38. The molecule has 168 valence electrons. The number of dihydropyridines is 1. The molecular weight excluding hydrogens is 411 g/mol. The third-order valence-electron chi connectivity index (χ3n) is 5.55. The Kier molecular flexibility index (Phi) is 6.32. The predicted molar refractivity (Wildman–Crippen MR) is 108 cm³/mol. The molecule has 1 aromatic rings. The zero-order valence-electron chi connectivity index (χ0n) is 18.0. The van der Waals surface area contributed by atoms with Crippen molar-refractivity contribution in [2.24, 2.45) is 5.41 Å². The van der Waals surface area contributed by atoms with Gasteiger partial charge in [0.05, 0.1) is 17.7 Å². The first-order valence-corrected chi connectivity index (χ1v) is 10.0. The largest absolute Gasteiger partial charge is 0.460 e. The van der Waals surface area contributed by atoms with Crippen LogP contribution in [0.3, 0.4) is 0 Å². The lowest BCUT2D eigenvalue weighted by Gasteiger charge is -2.39. The number of halogens is 3. The van der Waals surface area contributed by atoms with Crippen LogP contribution in [-0.2, 0) is 25.2 Å². The summed E-state index contributed by atoms with van der Waals surface area (Å²) in [5, 5.41) is 3.19. The van der Waals surface area contributed by atoms with Crippen molar-refractivity contribution in [1.29, 1.82) is 0 Å². The Labute approximate surface area is 179 Å². The van der Waals surface area contributed by atoms with Gasteiger partial charge in [0.25, 0.3) is 0 Å². The van der Waals surface area contributed by atoms with Gasteiger partial charge in [0.15, 0.2) is 5.78 Å². The van der Waals surface area contributed by atoms with Gasteiger partial charge in [-0.25, -0.2) is 4.79 Å². The second-order valence-electron chi connectivity index (χ2n) is 8.68. The summed E-state index contributed by atoms with van der Waals surface area (Å²) < 4.78 is 49.4. The fraction of sp³-hybridized carbons (Fsp3) is 0.478. The molecule has 31 heavy (non-hydrogen) atoms. The van der Waals surface area contributed by atoms with Gasteiger partial charge in [-0.1, -0.05) is 26.0 Å². The van der Waals surface area contributed by atoms with E-state index in [2.05, 4.69) is 5.32 Å². The van der Waals surface area contributed by atoms with Crippen molar-refractivity contribution in [2.45, 2.75) is 45.7 Å². The number of methoxy groups -OCH3 is 1. The number of hydrogen-bond donors (Lipinski definition) is 1. The van der Waals surface area contributed by atoms with Gasteiger partial charge in [-0.2, -0.15) is 13.2 Å². The summed E-state index contributed by atoms with van der Waals surface area (Å²) in [7, 11) is 1.48. The van der Waals surface area contributed by atoms with Crippen molar-refractivity contribution >= 4 is 11.8 Å². The van der Waals surface area contributed by atoms with Gasteiger partial charge < -0.3 is 14.8 Å². The van der Waals surface area contributed by atoms with Gasteiger partial charge >= 0.3 is 12.1 Å². The summed E-state index contributed by atoms with van der Waals surface area (Å²) >= 11 is 0. The first-order valence-electron chi connectivity index (χ1n) is 10.0. The molecule has 1 unspecified atom stereocenters. The standard InChI is InChI=1S/C23H26F3NO4/c1-13-18(21(29)31-10-9-30-4)19(14-5-7-15(8-6-14)23(24,25)26)20-16(27-13)11-22(2,3)12-17(20)28/h5-8,19,27H,9-12H2,1-4H3. The zero-order chi connectivity index (χ0) is 23.0. The third-order valence-corrected chi connectivity index (χ3v) is 5.55. The monoisotopic (exact) mass is 437 g/mol. The number of Topliss-reactive ketones (excluding diaryl/α,β-unsaturated/α-hetero) is 1. The molecule has 3 rings (SSSR count). The average molecular weight is 437 g/mol. The van der Waals surface area contributed by atoms with E-state index in [0.29, 0.717) is 29.0 Å². The van der Waals surface area contributed by atoms with Gasteiger partial charge in [-0.05, 0) is 36.5 Å². The molecular formula is C23H26F3NO4. The van der Waals surface area contributed by atoms with Gasteiger partial charge in [0.2, 0.25) is 0 Å². The average Bonchev–Trinajstić information content (AvgIpc) is 2.65. The molecule has 1 aliphatic carbocycles. The highest BCUT2D eigenvalue weighted by atomic mass is 19.4. The predicted octanol–water partition coefficient (Wildman–Crippen LogP) is 4.50. The van der Waals surface area contributed by atoms with E-state index in [1.54, 1.807) is 6.92 Å². The van der Waals surface area contributed by atoms with E-state index in [1.165, 1.54) is 19.2 Å². The van der Waals surface area contributed by atoms with Crippen molar-refractivity contribution in [2.75, 3.05) is 20.3 Å².